The Hall–Kier alpha value is -3.39. The Morgan fingerprint density at radius 1 is 0.812 bits per heavy atom. The number of halogens is 4. The summed E-state index contributed by atoms with van der Waals surface area (Å²) < 4.78 is 54.7. The lowest BCUT2D eigenvalue weighted by atomic mass is 9.95. The molecular formula is C23H18ClF3O5. The second-order valence-electron chi connectivity index (χ2n) is 6.85. The van der Waals surface area contributed by atoms with Crippen molar-refractivity contribution in [3.63, 3.8) is 0 Å². The Morgan fingerprint density at radius 2 is 1.25 bits per heavy atom. The molecule has 0 saturated heterocycles. The third-order valence-corrected chi connectivity index (χ3v) is 4.83. The summed E-state index contributed by atoms with van der Waals surface area (Å²) in [5, 5.41) is 10.3. The SMILES string of the molecule is CC(Oc1ccc(C(F)(F)F)cc1)(C(=O)O)c1ccc(OCOc2ccc(Cl)cc2)cc1. The van der Waals surface area contributed by atoms with E-state index in [2.05, 4.69) is 0 Å². The molecule has 3 rings (SSSR count). The molecule has 3 aromatic carbocycles. The van der Waals surface area contributed by atoms with Crippen LogP contribution < -0.4 is 14.2 Å². The first-order chi connectivity index (χ1) is 15.1. The molecule has 3 aromatic rings. The van der Waals surface area contributed by atoms with E-state index in [1.807, 2.05) is 0 Å². The highest BCUT2D eigenvalue weighted by atomic mass is 35.5. The van der Waals surface area contributed by atoms with Crippen LogP contribution in [0, 0.1) is 0 Å². The lowest BCUT2D eigenvalue weighted by Gasteiger charge is -2.27. The van der Waals surface area contributed by atoms with E-state index in [-0.39, 0.29) is 18.1 Å². The topological polar surface area (TPSA) is 65.0 Å². The summed E-state index contributed by atoms with van der Waals surface area (Å²) in [4.78, 5) is 11.9. The third kappa shape index (κ3) is 5.64. The van der Waals surface area contributed by atoms with Crippen molar-refractivity contribution in [3.05, 3.63) is 88.9 Å². The highest BCUT2D eigenvalue weighted by molar-refractivity contribution is 6.30. The molecule has 0 bridgehead atoms. The molecule has 0 heterocycles. The predicted molar refractivity (Wildman–Crippen MR) is 111 cm³/mol. The Balaban J connectivity index is 1.67. The molecule has 1 unspecified atom stereocenters. The van der Waals surface area contributed by atoms with Gasteiger partial charge < -0.3 is 19.3 Å². The van der Waals surface area contributed by atoms with E-state index < -0.39 is 23.3 Å². The van der Waals surface area contributed by atoms with Crippen molar-refractivity contribution < 1.29 is 37.3 Å². The highest BCUT2D eigenvalue weighted by Gasteiger charge is 2.38. The molecule has 1 N–H and O–H groups in total. The van der Waals surface area contributed by atoms with E-state index in [0.717, 1.165) is 24.3 Å². The normalized spacial score (nSPS) is 13.2. The fourth-order valence-corrected chi connectivity index (χ4v) is 2.87. The summed E-state index contributed by atoms with van der Waals surface area (Å²) >= 11 is 5.81. The molecule has 1 atom stereocenters. The van der Waals surface area contributed by atoms with Gasteiger partial charge in [-0.25, -0.2) is 4.79 Å². The summed E-state index contributed by atoms with van der Waals surface area (Å²) in [5.74, 6) is -0.337. The van der Waals surface area contributed by atoms with Crippen LogP contribution in [0.2, 0.25) is 5.02 Å². The van der Waals surface area contributed by atoms with Crippen LogP contribution in [0.1, 0.15) is 18.1 Å². The number of alkyl halides is 3. The van der Waals surface area contributed by atoms with Gasteiger partial charge in [-0.3, -0.25) is 0 Å². The van der Waals surface area contributed by atoms with Crippen molar-refractivity contribution in [2.75, 3.05) is 6.79 Å². The average molecular weight is 467 g/mol. The van der Waals surface area contributed by atoms with Crippen LogP contribution in [0.15, 0.2) is 72.8 Å². The summed E-state index contributed by atoms with van der Waals surface area (Å²) in [7, 11) is 0. The number of carboxylic acid groups (broad SMARTS) is 1. The van der Waals surface area contributed by atoms with Crippen LogP contribution in [-0.2, 0) is 16.6 Å². The Morgan fingerprint density at radius 3 is 1.72 bits per heavy atom. The van der Waals surface area contributed by atoms with E-state index in [1.54, 1.807) is 24.3 Å². The van der Waals surface area contributed by atoms with Gasteiger partial charge in [0.15, 0.2) is 0 Å². The summed E-state index contributed by atoms with van der Waals surface area (Å²) in [5.41, 5.74) is -2.42. The molecule has 0 fully saturated rings. The van der Waals surface area contributed by atoms with Gasteiger partial charge in [0, 0.05) is 10.6 Å². The molecule has 9 heteroatoms. The molecule has 0 spiro atoms. The minimum absolute atomic E-state index is 0.0143. The summed E-state index contributed by atoms with van der Waals surface area (Å²) in [6, 6.07) is 16.6. The quantitative estimate of drug-likeness (QED) is 0.403. The van der Waals surface area contributed by atoms with Crippen LogP contribution in [0.4, 0.5) is 13.2 Å². The van der Waals surface area contributed by atoms with Gasteiger partial charge in [0.05, 0.1) is 5.56 Å². The van der Waals surface area contributed by atoms with Crippen molar-refractivity contribution in [1.82, 2.24) is 0 Å². The van der Waals surface area contributed by atoms with Crippen molar-refractivity contribution in [2.45, 2.75) is 18.7 Å². The van der Waals surface area contributed by atoms with E-state index in [1.165, 1.54) is 31.2 Å². The molecule has 5 nitrogen and oxygen atoms in total. The average Bonchev–Trinajstić information content (AvgIpc) is 2.75. The number of carboxylic acids is 1. The molecular weight excluding hydrogens is 449 g/mol. The fourth-order valence-electron chi connectivity index (χ4n) is 2.74. The highest BCUT2D eigenvalue weighted by Crippen LogP contribution is 2.33. The van der Waals surface area contributed by atoms with Crippen LogP contribution >= 0.6 is 11.6 Å². The number of rotatable bonds is 8. The second kappa shape index (κ2) is 9.40. The van der Waals surface area contributed by atoms with Crippen molar-refractivity contribution in [1.29, 1.82) is 0 Å². The van der Waals surface area contributed by atoms with E-state index in [9.17, 15) is 23.1 Å². The summed E-state index contributed by atoms with van der Waals surface area (Å²) in [6.45, 7) is 1.23. The second-order valence-corrected chi connectivity index (χ2v) is 7.28. The molecule has 168 valence electrons. The minimum Gasteiger partial charge on any atom is -0.478 e. The number of hydrogen-bond acceptors (Lipinski definition) is 4. The molecule has 0 aromatic heterocycles. The van der Waals surface area contributed by atoms with Crippen LogP contribution in [-0.4, -0.2) is 17.9 Å². The first-order valence-electron chi connectivity index (χ1n) is 9.29. The largest absolute Gasteiger partial charge is 0.478 e. The monoisotopic (exact) mass is 466 g/mol. The van der Waals surface area contributed by atoms with Crippen LogP contribution in [0.25, 0.3) is 0 Å². The van der Waals surface area contributed by atoms with Gasteiger partial charge in [-0.2, -0.15) is 13.2 Å². The number of hydrogen-bond donors (Lipinski definition) is 1. The number of benzene rings is 3. The van der Waals surface area contributed by atoms with Gasteiger partial charge in [0.25, 0.3) is 0 Å². The maximum atomic E-state index is 12.7. The van der Waals surface area contributed by atoms with E-state index in [0.29, 0.717) is 16.5 Å². The number of ether oxygens (including phenoxy) is 3. The first-order valence-corrected chi connectivity index (χ1v) is 9.67. The lowest BCUT2D eigenvalue weighted by molar-refractivity contribution is -0.154. The van der Waals surface area contributed by atoms with Gasteiger partial charge >= 0.3 is 12.1 Å². The maximum Gasteiger partial charge on any atom is 0.416 e. The third-order valence-electron chi connectivity index (χ3n) is 4.58. The van der Waals surface area contributed by atoms with Crippen molar-refractivity contribution in [2.24, 2.45) is 0 Å². The van der Waals surface area contributed by atoms with Gasteiger partial charge in [0.2, 0.25) is 12.4 Å². The molecule has 0 saturated carbocycles. The van der Waals surface area contributed by atoms with Crippen molar-refractivity contribution >= 4 is 17.6 Å². The van der Waals surface area contributed by atoms with Gasteiger partial charge in [0.1, 0.15) is 17.2 Å². The van der Waals surface area contributed by atoms with Crippen LogP contribution in [0.5, 0.6) is 17.2 Å². The van der Waals surface area contributed by atoms with E-state index in [4.69, 9.17) is 25.8 Å². The zero-order chi connectivity index (χ0) is 23.4. The molecule has 0 aliphatic carbocycles. The fraction of sp³-hybridized carbons (Fsp3) is 0.174. The molecule has 0 aliphatic heterocycles. The Kier molecular flexibility index (Phi) is 6.84. The van der Waals surface area contributed by atoms with Gasteiger partial charge in [-0.15, -0.1) is 0 Å². The van der Waals surface area contributed by atoms with Crippen LogP contribution in [0.3, 0.4) is 0 Å². The maximum absolute atomic E-state index is 12.7. The molecule has 0 aliphatic rings. The molecule has 0 radical (unpaired) electrons. The molecule has 32 heavy (non-hydrogen) atoms. The number of carbonyl (C=O) groups is 1. The Bertz CT molecular complexity index is 1050. The smallest absolute Gasteiger partial charge is 0.416 e. The van der Waals surface area contributed by atoms with Gasteiger partial charge in [-0.1, -0.05) is 23.7 Å². The van der Waals surface area contributed by atoms with Gasteiger partial charge in [-0.05, 0) is 67.6 Å². The standard InChI is InChI=1S/C23H18ClF3O5/c1-22(21(28)29,32-20-10-4-16(5-11-20)23(25,26)27)15-2-8-18(9-3-15)30-14-31-19-12-6-17(24)7-13-19/h2-13H,14H2,1H3,(H,28,29). The predicted octanol–water partition coefficient (Wildman–Crippen LogP) is 6.15. The molecule has 0 amide bonds. The zero-order valence-corrected chi connectivity index (χ0v) is 17.5. The number of aliphatic carboxylic acids is 1. The Labute approximate surface area is 186 Å². The first kappa shape index (κ1) is 23.3. The van der Waals surface area contributed by atoms with E-state index >= 15 is 0 Å². The lowest BCUT2D eigenvalue weighted by Crippen LogP contribution is -2.38. The zero-order valence-electron chi connectivity index (χ0n) is 16.7. The van der Waals surface area contributed by atoms with Crippen molar-refractivity contribution in [3.8, 4) is 17.2 Å². The summed E-state index contributed by atoms with van der Waals surface area (Å²) in [6.07, 6.45) is -4.50. The minimum atomic E-state index is -4.50.